The van der Waals surface area contributed by atoms with Gasteiger partial charge in [-0.15, -0.1) is 11.6 Å². The summed E-state index contributed by atoms with van der Waals surface area (Å²) in [7, 11) is 0. The van der Waals surface area contributed by atoms with Gasteiger partial charge < -0.3 is 5.32 Å². The molecule has 0 aromatic heterocycles. The van der Waals surface area contributed by atoms with E-state index in [9.17, 15) is 8.78 Å². The number of thiol groups is 1. The fraction of sp³-hybridized carbons (Fsp3) is 1.00. The van der Waals surface area contributed by atoms with Crippen LogP contribution in [0.2, 0.25) is 0 Å². The molecule has 0 aromatic rings. The van der Waals surface area contributed by atoms with E-state index in [-0.39, 0.29) is 11.8 Å². The zero-order chi connectivity index (χ0) is 9.61. The van der Waals surface area contributed by atoms with Crippen LogP contribution in [-0.2, 0) is 0 Å². The molecule has 0 heterocycles. The highest BCUT2D eigenvalue weighted by Crippen LogP contribution is 2.13. The highest BCUT2D eigenvalue weighted by Gasteiger charge is 2.26. The minimum atomic E-state index is -2.79. The highest BCUT2D eigenvalue weighted by atomic mass is 35.5. The molecule has 12 heavy (non-hydrogen) atoms. The van der Waals surface area contributed by atoms with E-state index in [1.165, 1.54) is 0 Å². The van der Waals surface area contributed by atoms with Gasteiger partial charge in [0.25, 0.3) is 5.92 Å². The molecule has 0 saturated carbocycles. The van der Waals surface area contributed by atoms with Crippen LogP contribution < -0.4 is 5.32 Å². The minimum absolute atomic E-state index is 0.238. The molecule has 0 rings (SSSR count). The lowest BCUT2D eigenvalue weighted by Gasteiger charge is -2.13. The standard InChI is InChI=1S/C7H14ClF2NS/c1-6(12)2-3-11-5-7(9,10)4-8/h6,11-12H,2-5H2,1H3. The number of halogens is 3. The molecule has 0 aliphatic rings. The van der Waals surface area contributed by atoms with E-state index in [2.05, 4.69) is 17.9 Å². The molecule has 0 amide bonds. The topological polar surface area (TPSA) is 12.0 Å². The van der Waals surface area contributed by atoms with Gasteiger partial charge in [-0.3, -0.25) is 0 Å². The molecular formula is C7H14ClF2NS. The Labute approximate surface area is 82.3 Å². The van der Waals surface area contributed by atoms with Crippen molar-refractivity contribution in [2.24, 2.45) is 0 Å². The molecule has 1 N–H and O–H groups in total. The van der Waals surface area contributed by atoms with Gasteiger partial charge in [-0.25, -0.2) is 8.78 Å². The van der Waals surface area contributed by atoms with E-state index in [1.54, 1.807) is 0 Å². The van der Waals surface area contributed by atoms with Gasteiger partial charge in [0.05, 0.1) is 12.4 Å². The Balaban J connectivity index is 3.31. The van der Waals surface area contributed by atoms with Crippen LogP contribution >= 0.6 is 24.2 Å². The molecule has 74 valence electrons. The number of nitrogens with one attached hydrogen (secondary N) is 1. The molecule has 0 bridgehead atoms. The Kier molecular flexibility index (Phi) is 6.23. The van der Waals surface area contributed by atoms with Crippen LogP contribution in [-0.4, -0.2) is 30.1 Å². The lowest BCUT2D eigenvalue weighted by Crippen LogP contribution is -2.35. The van der Waals surface area contributed by atoms with Crippen molar-refractivity contribution in [1.82, 2.24) is 5.32 Å². The minimum Gasteiger partial charge on any atom is -0.311 e. The monoisotopic (exact) mass is 217 g/mol. The summed E-state index contributed by atoms with van der Waals surface area (Å²) in [6.45, 7) is 2.12. The van der Waals surface area contributed by atoms with Gasteiger partial charge in [-0.1, -0.05) is 6.92 Å². The number of rotatable bonds is 6. The predicted octanol–water partition coefficient (Wildman–Crippen LogP) is 2.16. The van der Waals surface area contributed by atoms with Gasteiger partial charge >= 0.3 is 0 Å². The molecule has 0 radical (unpaired) electrons. The van der Waals surface area contributed by atoms with E-state index >= 15 is 0 Å². The highest BCUT2D eigenvalue weighted by molar-refractivity contribution is 7.80. The van der Waals surface area contributed by atoms with Crippen LogP contribution in [0.3, 0.4) is 0 Å². The molecule has 1 nitrogen and oxygen atoms in total. The third kappa shape index (κ3) is 7.13. The quantitative estimate of drug-likeness (QED) is 0.395. The summed E-state index contributed by atoms with van der Waals surface area (Å²) in [4.78, 5) is 0. The Morgan fingerprint density at radius 1 is 1.58 bits per heavy atom. The molecule has 0 spiro atoms. The van der Waals surface area contributed by atoms with Crippen molar-refractivity contribution in [1.29, 1.82) is 0 Å². The number of alkyl halides is 3. The Bertz CT molecular complexity index is 122. The Hall–Kier alpha value is 0.460. The second-order valence-corrected chi connectivity index (χ2v) is 3.95. The molecule has 0 aliphatic carbocycles. The van der Waals surface area contributed by atoms with Crippen LogP contribution in [0.25, 0.3) is 0 Å². The largest absolute Gasteiger partial charge is 0.311 e. The Morgan fingerprint density at radius 3 is 2.58 bits per heavy atom. The van der Waals surface area contributed by atoms with Gasteiger partial charge in [-0.2, -0.15) is 12.6 Å². The number of hydrogen-bond acceptors (Lipinski definition) is 2. The van der Waals surface area contributed by atoms with Crippen LogP contribution in [0.4, 0.5) is 8.78 Å². The molecule has 5 heteroatoms. The molecule has 0 fully saturated rings. The third-order valence-corrected chi connectivity index (χ3v) is 1.97. The maximum Gasteiger partial charge on any atom is 0.273 e. The van der Waals surface area contributed by atoms with Crippen molar-refractivity contribution in [2.45, 2.75) is 24.5 Å². The lowest BCUT2D eigenvalue weighted by atomic mass is 10.3. The molecule has 1 unspecified atom stereocenters. The normalized spacial score (nSPS) is 14.8. The summed E-state index contributed by atoms with van der Waals surface area (Å²) >= 11 is 9.14. The first kappa shape index (κ1) is 12.5. The fourth-order valence-corrected chi connectivity index (χ4v) is 0.853. The van der Waals surface area contributed by atoms with Gasteiger partial charge in [0.2, 0.25) is 0 Å². The van der Waals surface area contributed by atoms with E-state index in [4.69, 9.17) is 11.6 Å². The second-order valence-electron chi connectivity index (χ2n) is 2.80. The molecule has 0 aromatic carbocycles. The maximum atomic E-state index is 12.5. The average Bonchev–Trinajstić information content (AvgIpc) is 1.98. The smallest absolute Gasteiger partial charge is 0.273 e. The van der Waals surface area contributed by atoms with Crippen LogP contribution in [0.1, 0.15) is 13.3 Å². The van der Waals surface area contributed by atoms with Crippen molar-refractivity contribution in [2.75, 3.05) is 19.0 Å². The van der Waals surface area contributed by atoms with Crippen molar-refractivity contribution >= 4 is 24.2 Å². The van der Waals surface area contributed by atoms with Gasteiger partial charge in [0.1, 0.15) is 0 Å². The Morgan fingerprint density at radius 2 is 2.17 bits per heavy atom. The lowest BCUT2D eigenvalue weighted by molar-refractivity contribution is 0.0267. The van der Waals surface area contributed by atoms with Gasteiger partial charge in [0, 0.05) is 5.25 Å². The molecular weight excluding hydrogens is 204 g/mol. The van der Waals surface area contributed by atoms with Crippen LogP contribution in [0.5, 0.6) is 0 Å². The molecule has 0 aliphatic heterocycles. The zero-order valence-corrected chi connectivity index (χ0v) is 8.64. The summed E-state index contributed by atoms with van der Waals surface area (Å²) in [5.74, 6) is -3.42. The van der Waals surface area contributed by atoms with Crippen LogP contribution in [0, 0.1) is 0 Å². The second kappa shape index (κ2) is 6.00. The summed E-state index contributed by atoms with van der Waals surface area (Å²) in [5.41, 5.74) is 0. The average molecular weight is 218 g/mol. The van der Waals surface area contributed by atoms with E-state index in [0.717, 1.165) is 6.42 Å². The summed E-state index contributed by atoms with van der Waals surface area (Å²) in [6.07, 6.45) is 0.779. The van der Waals surface area contributed by atoms with Gasteiger partial charge in [-0.05, 0) is 13.0 Å². The third-order valence-electron chi connectivity index (χ3n) is 1.32. The van der Waals surface area contributed by atoms with Crippen molar-refractivity contribution in [3.63, 3.8) is 0 Å². The molecule has 1 atom stereocenters. The first-order chi connectivity index (χ1) is 5.48. The van der Waals surface area contributed by atoms with Gasteiger partial charge in [0.15, 0.2) is 0 Å². The van der Waals surface area contributed by atoms with E-state index in [0.29, 0.717) is 6.54 Å². The van der Waals surface area contributed by atoms with Crippen LogP contribution in [0.15, 0.2) is 0 Å². The number of hydrogen-bond donors (Lipinski definition) is 2. The SMILES string of the molecule is CC(S)CCNCC(F)(F)CCl. The maximum absolute atomic E-state index is 12.5. The summed E-state index contributed by atoms with van der Waals surface area (Å²) in [5, 5.41) is 2.86. The van der Waals surface area contributed by atoms with E-state index in [1.807, 2.05) is 6.92 Å². The van der Waals surface area contributed by atoms with E-state index < -0.39 is 11.8 Å². The first-order valence-electron chi connectivity index (χ1n) is 3.80. The summed E-state index contributed by atoms with van der Waals surface area (Å²) < 4.78 is 24.9. The molecule has 0 saturated heterocycles. The predicted molar refractivity (Wildman–Crippen MR) is 51.6 cm³/mol. The van der Waals surface area contributed by atoms with Crippen molar-refractivity contribution < 1.29 is 8.78 Å². The first-order valence-corrected chi connectivity index (χ1v) is 4.85. The zero-order valence-electron chi connectivity index (χ0n) is 6.99. The summed E-state index contributed by atoms with van der Waals surface area (Å²) in [6, 6.07) is 0. The van der Waals surface area contributed by atoms with Crippen molar-refractivity contribution in [3.8, 4) is 0 Å². The fourth-order valence-electron chi connectivity index (χ4n) is 0.629. The van der Waals surface area contributed by atoms with Crippen molar-refractivity contribution in [3.05, 3.63) is 0 Å².